The highest BCUT2D eigenvalue weighted by molar-refractivity contribution is 5.97. The lowest BCUT2D eigenvalue weighted by molar-refractivity contribution is 0.0695. The van der Waals surface area contributed by atoms with Gasteiger partial charge in [0.1, 0.15) is 11.6 Å². The zero-order valence-corrected chi connectivity index (χ0v) is 14.6. The minimum atomic E-state index is -0.371. The third-order valence-electron chi connectivity index (χ3n) is 4.56. The highest BCUT2D eigenvalue weighted by Crippen LogP contribution is 2.21. The summed E-state index contributed by atoms with van der Waals surface area (Å²) < 4.78 is 18.2. The molecule has 2 aromatic rings. The van der Waals surface area contributed by atoms with Crippen LogP contribution in [0.3, 0.4) is 0 Å². The number of hydrogen-bond donors (Lipinski definition) is 1. The van der Waals surface area contributed by atoms with E-state index in [1.807, 2.05) is 12.1 Å². The van der Waals surface area contributed by atoms with Crippen LogP contribution < -0.4 is 10.1 Å². The third kappa shape index (κ3) is 4.02. The summed E-state index contributed by atoms with van der Waals surface area (Å²) >= 11 is 0. The second kappa shape index (κ2) is 7.99. The SMILES string of the molecule is COc1ccccc1C(=O)N1CCC(NC(=O)c2ccc(F)cc2)CC1. The number of ether oxygens (including phenoxy) is 1. The van der Waals surface area contributed by atoms with Crippen LogP contribution in [0, 0.1) is 5.82 Å². The number of methoxy groups -OCH3 is 1. The van der Waals surface area contributed by atoms with E-state index in [0.29, 0.717) is 42.8 Å². The Hall–Kier alpha value is -2.89. The van der Waals surface area contributed by atoms with E-state index in [9.17, 15) is 14.0 Å². The van der Waals surface area contributed by atoms with Crippen molar-refractivity contribution in [1.29, 1.82) is 0 Å². The molecule has 1 fully saturated rings. The van der Waals surface area contributed by atoms with Crippen molar-refractivity contribution in [2.45, 2.75) is 18.9 Å². The van der Waals surface area contributed by atoms with Gasteiger partial charge in [0, 0.05) is 24.7 Å². The van der Waals surface area contributed by atoms with Gasteiger partial charge in [0.2, 0.25) is 0 Å². The molecule has 1 aliphatic heterocycles. The van der Waals surface area contributed by atoms with Crippen molar-refractivity contribution in [3.63, 3.8) is 0 Å². The summed E-state index contributed by atoms with van der Waals surface area (Å²) in [6, 6.07) is 12.6. The van der Waals surface area contributed by atoms with Crippen LogP contribution in [0.15, 0.2) is 48.5 Å². The monoisotopic (exact) mass is 356 g/mol. The van der Waals surface area contributed by atoms with E-state index >= 15 is 0 Å². The smallest absolute Gasteiger partial charge is 0.257 e. The van der Waals surface area contributed by atoms with Crippen LogP contribution in [0.1, 0.15) is 33.6 Å². The van der Waals surface area contributed by atoms with Crippen LogP contribution in [-0.2, 0) is 0 Å². The summed E-state index contributed by atoms with van der Waals surface area (Å²) in [7, 11) is 1.54. The van der Waals surface area contributed by atoms with Crippen molar-refractivity contribution in [3.05, 3.63) is 65.5 Å². The minimum absolute atomic E-state index is 0.00530. The van der Waals surface area contributed by atoms with Gasteiger partial charge in [0.05, 0.1) is 12.7 Å². The fourth-order valence-electron chi connectivity index (χ4n) is 3.09. The van der Waals surface area contributed by atoms with Crippen molar-refractivity contribution in [1.82, 2.24) is 10.2 Å². The maximum atomic E-state index is 12.9. The van der Waals surface area contributed by atoms with Gasteiger partial charge in [-0.15, -0.1) is 0 Å². The Labute approximate surface area is 151 Å². The quantitative estimate of drug-likeness (QED) is 0.916. The van der Waals surface area contributed by atoms with E-state index in [0.717, 1.165) is 0 Å². The van der Waals surface area contributed by atoms with E-state index in [-0.39, 0.29) is 23.7 Å². The van der Waals surface area contributed by atoms with Gasteiger partial charge in [-0.25, -0.2) is 4.39 Å². The summed E-state index contributed by atoms with van der Waals surface area (Å²) in [5.41, 5.74) is 0.975. The van der Waals surface area contributed by atoms with Crippen LogP contribution >= 0.6 is 0 Å². The molecular formula is C20H21FN2O3. The average Bonchev–Trinajstić information content (AvgIpc) is 2.68. The predicted molar refractivity (Wildman–Crippen MR) is 95.8 cm³/mol. The van der Waals surface area contributed by atoms with Crippen LogP contribution in [0.4, 0.5) is 4.39 Å². The fraction of sp³-hybridized carbons (Fsp3) is 0.300. The first-order valence-electron chi connectivity index (χ1n) is 8.57. The van der Waals surface area contributed by atoms with Crippen LogP contribution in [-0.4, -0.2) is 43.0 Å². The second-order valence-electron chi connectivity index (χ2n) is 6.25. The normalized spacial score (nSPS) is 14.8. The summed E-state index contributed by atoms with van der Waals surface area (Å²) in [5, 5.41) is 2.95. The molecule has 0 radical (unpaired) electrons. The molecule has 0 bridgehead atoms. The lowest BCUT2D eigenvalue weighted by atomic mass is 10.0. The number of nitrogens with one attached hydrogen (secondary N) is 1. The number of piperidine rings is 1. The summed E-state index contributed by atoms with van der Waals surface area (Å²) in [4.78, 5) is 26.7. The van der Waals surface area contributed by atoms with Gasteiger partial charge >= 0.3 is 0 Å². The molecule has 0 unspecified atom stereocenters. The highest BCUT2D eigenvalue weighted by Gasteiger charge is 2.26. The first-order valence-corrected chi connectivity index (χ1v) is 8.57. The van der Waals surface area contributed by atoms with Crippen LogP contribution in [0.2, 0.25) is 0 Å². The molecule has 1 saturated heterocycles. The van der Waals surface area contributed by atoms with Crippen molar-refractivity contribution in [2.24, 2.45) is 0 Å². The topological polar surface area (TPSA) is 58.6 Å². The number of hydrogen-bond acceptors (Lipinski definition) is 3. The number of nitrogens with zero attached hydrogens (tertiary/aromatic N) is 1. The largest absolute Gasteiger partial charge is 0.496 e. The molecule has 1 aliphatic rings. The Morgan fingerprint density at radius 2 is 1.73 bits per heavy atom. The Kier molecular flexibility index (Phi) is 5.51. The second-order valence-corrected chi connectivity index (χ2v) is 6.25. The van der Waals surface area contributed by atoms with Crippen LogP contribution in [0.5, 0.6) is 5.75 Å². The Morgan fingerprint density at radius 3 is 2.38 bits per heavy atom. The maximum absolute atomic E-state index is 12.9. The number of halogens is 1. The molecule has 0 aliphatic carbocycles. The van der Waals surface area contributed by atoms with Crippen molar-refractivity contribution < 1.29 is 18.7 Å². The van der Waals surface area contributed by atoms with Gasteiger partial charge in [-0.1, -0.05) is 12.1 Å². The van der Waals surface area contributed by atoms with E-state index < -0.39 is 0 Å². The Balaban J connectivity index is 1.56. The van der Waals surface area contributed by atoms with E-state index in [2.05, 4.69) is 5.32 Å². The molecule has 2 amide bonds. The molecule has 136 valence electrons. The zero-order chi connectivity index (χ0) is 18.5. The number of likely N-dealkylation sites (tertiary alicyclic amines) is 1. The third-order valence-corrected chi connectivity index (χ3v) is 4.56. The van der Waals surface area contributed by atoms with Gasteiger partial charge < -0.3 is 15.0 Å². The number of para-hydroxylation sites is 1. The molecule has 0 saturated carbocycles. The molecule has 5 nitrogen and oxygen atoms in total. The maximum Gasteiger partial charge on any atom is 0.257 e. The zero-order valence-electron chi connectivity index (χ0n) is 14.6. The van der Waals surface area contributed by atoms with Crippen molar-refractivity contribution in [3.8, 4) is 5.75 Å². The van der Waals surface area contributed by atoms with E-state index in [4.69, 9.17) is 4.74 Å². The summed E-state index contributed by atoms with van der Waals surface area (Å²) in [5.74, 6) is -0.0980. The van der Waals surface area contributed by atoms with Gasteiger partial charge in [-0.3, -0.25) is 9.59 Å². The molecule has 2 aromatic carbocycles. The van der Waals surface area contributed by atoms with E-state index in [1.165, 1.54) is 24.3 Å². The standard InChI is InChI=1S/C20H21FN2O3/c1-26-18-5-3-2-4-17(18)20(25)23-12-10-16(11-13-23)22-19(24)14-6-8-15(21)9-7-14/h2-9,16H,10-13H2,1H3,(H,22,24). The first-order chi connectivity index (χ1) is 12.6. The van der Waals surface area contributed by atoms with Gasteiger partial charge in [0.15, 0.2) is 0 Å². The number of carbonyl (C=O) groups is 2. The lowest BCUT2D eigenvalue weighted by Crippen LogP contribution is -2.46. The Morgan fingerprint density at radius 1 is 1.08 bits per heavy atom. The Bertz CT molecular complexity index is 784. The summed E-state index contributed by atoms with van der Waals surface area (Å²) in [6.07, 6.45) is 1.35. The fourth-order valence-corrected chi connectivity index (χ4v) is 3.09. The van der Waals surface area contributed by atoms with Crippen molar-refractivity contribution >= 4 is 11.8 Å². The van der Waals surface area contributed by atoms with E-state index in [1.54, 1.807) is 24.1 Å². The first kappa shape index (κ1) is 17.9. The van der Waals surface area contributed by atoms with Crippen LogP contribution in [0.25, 0.3) is 0 Å². The van der Waals surface area contributed by atoms with Crippen molar-refractivity contribution in [2.75, 3.05) is 20.2 Å². The molecule has 6 heteroatoms. The number of benzene rings is 2. The van der Waals surface area contributed by atoms with Gasteiger partial charge in [-0.2, -0.15) is 0 Å². The van der Waals surface area contributed by atoms with Gasteiger partial charge in [0.25, 0.3) is 11.8 Å². The summed E-state index contributed by atoms with van der Waals surface area (Å²) in [6.45, 7) is 1.12. The molecule has 3 rings (SSSR count). The lowest BCUT2D eigenvalue weighted by Gasteiger charge is -2.32. The molecule has 26 heavy (non-hydrogen) atoms. The minimum Gasteiger partial charge on any atom is -0.496 e. The molecule has 1 N–H and O–H groups in total. The predicted octanol–water partition coefficient (Wildman–Crippen LogP) is 2.87. The molecule has 0 aromatic heterocycles. The molecular weight excluding hydrogens is 335 g/mol. The number of amides is 2. The molecule has 0 atom stereocenters. The molecule has 0 spiro atoms. The number of rotatable bonds is 4. The average molecular weight is 356 g/mol. The highest BCUT2D eigenvalue weighted by atomic mass is 19.1. The van der Waals surface area contributed by atoms with Gasteiger partial charge in [-0.05, 0) is 49.2 Å². The molecule has 1 heterocycles. The number of carbonyl (C=O) groups excluding carboxylic acids is 2.